The molecular formula is C15H22ClNO. The zero-order valence-electron chi connectivity index (χ0n) is 11.2. The van der Waals surface area contributed by atoms with Crippen molar-refractivity contribution in [1.82, 2.24) is 4.90 Å². The molecule has 3 heteroatoms. The molecule has 0 aliphatic carbocycles. The lowest BCUT2D eigenvalue weighted by Crippen LogP contribution is -2.35. The van der Waals surface area contributed by atoms with Gasteiger partial charge < -0.3 is 5.11 Å². The summed E-state index contributed by atoms with van der Waals surface area (Å²) in [6.45, 7) is 5.55. The van der Waals surface area contributed by atoms with E-state index in [1.807, 2.05) is 6.07 Å². The van der Waals surface area contributed by atoms with Crippen LogP contribution in [-0.2, 0) is 0 Å². The molecule has 18 heavy (non-hydrogen) atoms. The standard InChI is InChI=1S/C15H22ClNO/c1-11-6-4-3-5-9-17(11)12(2)14-10-13(16)7-8-15(14)18/h7-8,10-12,18H,3-6,9H2,1-2H3. The Morgan fingerprint density at radius 3 is 2.89 bits per heavy atom. The Balaban J connectivity index is 2.23. The Morgan fingerprint density at radius 2 is 2.11 bits per heavy atom. The molecule has 2 nitrogen and oxygen atoms in total. The maximum Gasteiger partial charge on any atom is 0.120 e. The van der Waals surface area contributed by atoms with Gasteiger partial charge in [0.2, 0.25) is 0 Å². The third-order valence-electron chi connectivity index (χ3n) is 4.04. The zero-order valence-corrected chi connectivity index (χ0v) is 12.0. The summed E-state index contributed by atoms with van der Waals surface area (Å²) in [6.07, 6.45) is 5.11. The molecule has 1 aliphatic rings. The number of halogens is 1. The molecule has 0 radical (unpaired) electrons. The van der Waals surface area contributed by atoms with Crippen molar-refractivity contribution in [2.75, 3.05) is 6.54 Å². The third-order valence-corrected chi connectivity index (χ3v) is 4.28. The number of rotatable bonds is 2. The van der Waals surface area contributed by atoms with Crippen LogP contribution in [0.1, 0.15) is 51.1 Å². The highest BCUT2D eigenvalue weighted by atomic mass is 35.5. The summed E-state index contributed by atoms with van der Waals surface area (Å²) >= 11 is 6.04. The fraction of sp³-hybridized carbons (Fsp3) is 0.600. The van der Waals surface area contributed by atoms with Crippen molar-refractivity contribution in [3.63, 3.8) is 0 Å². The van der Waals surface area contributed by atoms with Gasteiger partial charge in [0.1, 0.15) is 5.75 Å². The summed E-state index contributed by atoms with van der Waals surface area (Å²) in [5.74, 6) is 0.350. The number of benzene rings is 1. The number of hydrogen-bond donors (Lipinski definition) is 1. The van der Waals surface area contributed by atoms with Gasteiger partial charge in [-0.25, -0.2) is 0 Å². The van der Waals surface area contributed by atoms with Crippen LogP contribution < -0.4 is 0 Å². The Bertz CT molecular complexity index is 407. The molecule has 0 spiro atoms. The molecule has 100 valence electrons. The molecule has 2 rings (SSSR count). The van der Waals surface area contributed by atoms with E-state index in [0.717, 1.165) is 12.1 Å². The molecule has 1 aliphatic heterocycles. The molecule has 1 fully saturated rings. The molecule has 0 saturated carbocycles. The lowest BCUT2D eigenvalue weighted by Gasteiger charge is -2.33. The van der Waals surface area contributed by atoms with Gasteiger partial charge in [-0.3, -0.25) is 4.90 Å². The summed E-state index contributed by atoms with van der Waals surface area (Å²) in [7, 11) is 0. The average Bonchev–Trinajstić information content (AvgIpc) is 2.56. The molecule has 1 aromatic rings. The Kier molecular flexibility index (Phi) is 4.52. The lowest BCUT2D eigenvalue weighted by atomic mass is 10.0. The molecule has 1 aromatic carbocycles. The minimum atomic E-state index is 0.219. The second-order valence-corrected chi connectivity index (χ2v) is 5.75. The van der Waals surface area contributed by atoms with Crippen LogP contribution >= 0.6 is 11.6 Å². The molecule has 1 heterocycles. The quantitative estimate of drug-likeness (QED) is 0.860. The molecule has 0 bridgehead atoms. The van der Waals surface area contributed by atoms with Gasteiger partial charge in [0.15, 0.2) is 0 Å². The topological polar surface area (TPSA) is 23.5 Å². The summed E-state index contributed by atoms with van der Waals surface area (Å²) in [6, 6.07) is 6.10. The first-order valence-corrected chi connectivity index (χ1v) is 7.21. The fourth-order valence-electron chi connectivity index (χ4n) is 2.91. The summed E-state index contributed by atoms with van der Waals surface area (Å²) in [5.41, 5.74) is 0.941. The van der Waals surface area contributed by atoms with Crippen LogP contribution in [0.4, 0.5) is 0 Å². The molecule has 2 atom stereocenters. The predicted molar refractivity (Wildman–Crippen MR) is 76.2 cm³/mol. The van der Waals surface area contributed by atoms with Gasteiger partial charge in [-0.15, -0.1) is 0 Å². The number of aromatic hydroxyl groups is 1. The SMILES string of the molecule is CC1CCCCCN1C(C)c1cc(Cl)ccc1O. The molecule has 0 amide bonds. The maximum atomic E-state index is 10.0. The Labute approximate surface area is 115 Å². The van der Waals surface area contributed by atoms with E-state index in [2.05, 4.69) is 18.7 Å². The van der Waals surface area contributed by atoms with E-state index in [4.69, 9.17) is 11.6 Å². The summed E-state index contributed by atoms with van der Waals surface area (Å²) < 4.78 is 0. The number of nitrogens with zero attached hydrogens (tertiary/aromatic N) is 1. The van der Waals surface area contributed by atoms with Crippen molar-refractivity contribution in [3.8, 4) is 5.75 Å². The van der Waals surface area contributed by atoms with Crippen molar-refractivity contribution in [2.45, 2.75) is 51.6 Å². The van der Waals surface area contributed by atoms with Crippen LogP contribution in [0.25, 0.3) is 0 Å². The largest absolute Gasteiger partial charge is 0.508 e. The van der Waals surface area contributed by atoms with Crippen molar-refractivity contribution in [2.24, 2.45) is 0 Å². The summed E-state index contributed by atoms with van der Waals surface area (Å²) in [4.78, 5) is 2.48. The minimum absolute atomic E-state index is 0.219. The van der Waals surface area contributed by atoms with Gasteiger partial charge in [-0.1, -0.05) is 24.4 Å². The van der Waals surface area contributed by atoms with Crippen LogP contribution in [0.15, 0.2) is 18.2 Å². The molecular weight excluding hydrogens is 246 g/mol. The normalized spacial score (nSPS) is 23.6. The third kappa shape index (κ3) is 2.99. The van der Waals surface area contributed by atoms with E-state index in [1.165, 1.54) is 25.7 Å². The van der Waals surface area contributed by atoms with Gasteiger partial charge in [0.25, 0.3) is 0 Å². The number of likely N-dealkylation sites (tertiary alicyclic amines) is 1. The van der Waals surface area contributed by atoms with Gasteiger partial charge in [0, 0.05) is 22.7 Å². The highest BCUT2D eigenvalue weighted by Gasteiger charge is 2.24. The predicted octanol–water partition coefficient (Wildman–Crippen LogP) is 4.37. The first-order chi connectivity index (χ1) is 8.59. The molecule has 2 unspecified atom stereocenters. The van der Waals surface area contributed by atoms with Crippen molar-refractivity contribution in [1.29, 1.82) is 0 Å². The van der Waals surface area contributed by atoms with E-state index in [-0.39, 0.29) is 6.04 Å². The first kappa shape index (κ1) is 13.7. The average molecular weight is 268 g/mol. The van der Waals surface area contributed by atoms with Gasteiger partial charge >= 0.3 is 0 Å². The van der Waals surface area contributed by atoms with Crippen molar-refractivity contribution >= 4 is 11.6 Å². The molecule has 1 N–H and O–H groups in total. The van der Waals surface area contributed by atoms with E-state index in [1.54, 1.807) is 12.1 Å². The molecule has 1 saturated heterocycles. The van der Waals surface area contributed by atoms with Gasteiger partial charge in [0.05, 0.1) is 0 Å². The lowest BCUT2D eigenvalue weighted by molar-refractivity contribution is 0.156. The van der Waals surface area contributed by atoms with Gasteiger partial charge in [-0.05, 0) is 51.4 Å². The first-order valence-electron chi connectivity index (χ1n) is 6.83. The second-order valence-electron chi connectivity index (χ2n) is 5.32. The zero-order chi connectivity index (χ0) is 13.1. The van der Waals surface area contributed by atoms with Crippen LogP contribution in [0.5, 0.6) is 5.75 Å². The van der Waals surface area contributed by atoms with Crippen molar-refractivity contribution in [3.05, 3.63) is 28.8 Å². The Morgan fingerprint density at radius 1 is 1.33 bits per heavy atom. The number of phenolic OH excluding ortho intramolecular Hbond substituents is 1. The van der Waals surface area contributed by atoms with E-state index in [9.17, 15) is 5.11 Å². The van der Waals surface area contributed by atoms with Gasteiger partial charge in [-0.2, -0.15) is 0 Å². The minimum Gasteiger partial charge on any atom is -0.508 e. The van der Waals surface area contributed by atoms with Crippen LogP contribution in [0.3, 0.4) is 0 Å². The van der Waals surface area contributed by atoms with E-state index >= 15 is 0 Å². The maximum absolute atomic E-state index is 10.0. The van der Waals surface area contributed by atoms with E-state index < -0.39 is 0 Å². The number of hydrogen-bond acceptors (Lipinski definition) is 2. The monoisotopic (exact) mass is 267 g/mol. The number of phenols is 1. The highest BCUT2D eigenvalue weighted by Crippen LogP contribution is 2.33. The highest BCUT2D eigenvalue weighted by molar-refractivity contribution is 6.30. The molecule has 0 aromatic heterocycles. The van der Waals surface area contributed by atoms with Crippen LogP contribution in [0.2, 0.25) is 5.02 Å². The van der Waals surface area contributed by atoms with Crippen molar-refractivity contribution < 1.29 is 5.11 Å². The Hall–Kier alpha value is -0.730. The smallest absolute Gasteiger partial charge is 0.120 e. The fourth-order valence-corrected chi connectivity index (χ4v) is 3.09. The van der Waals surface area contributed by atoms with E-state index in [0.29, 0.717) is 16.8 Å². The second kappa shape index (κ2) is 5.94. The van der Waals surface area contributed by atoms with Crippen LogP contribution in [-0.4, -0.2) is 22.6 Å². The van der Waals surface area contributed by atoms with Crippen LogP contribution in [0, 0.1) is 0 Å². The summed E-state index contributed by atoms with van der Waals surface area (Å²) in [5, 5.41) is 10.7.